The second-order valence-corrected chi connectivity index (χ2v) is 8.18. The monoisotopic (exact) mass is 390 g/mol. The lowest BCUT2D eigenvalue weighted by Crippen LogP contribution is -2.44. The van der Waals surface area contributed by atoms with Gasteiger partial charge in [-0.25, -0.2) is 13.6 Å². The number of benzene rings is 2. The average molecular weight is 390 g/mol. The van der Waals surface area contributed by atoms with Crippen molar-refractivity contribution in [2.24, 2.45) is 5.14 Å². The molecule has 1 atom stereocenters. The molecule has 7 nitrogen and oxygen atoms in total. The van der Waals surface area contributed by atoms with Crippen LogP contribution in [0.3, 0.4) is 0 Å². The SMILES string of the molecule is Cc1cc(C(=O)NCC(C)(C(=O)O)c2ccccc2)cc(S(N)(=O)=O)c1C. The maximum atomic E-state index is 12.5. The Hall–Kier alpha value is -2.71. The summed E-state index contributed by atoms with van der Waals surface area (Å²) in [6, 6.07) is 11.3. The highest BCUT2D eigenvalue weighted by atomic mass is 32.2. The van der Waals surface area contributed by atoms with E-state index in [0.717, 1.165) is 0 Å². The molecule has 2 rings (SSSR count). The molecule has 1 unspecified atom stereocenters. The summed E-state index contributed by atoms with van der Waals surface area (Å²) in [5.74, 6) is -1.66. The number of rotatable bonds is 6. The van der Waals surface area contributed by atoms with E-state index in [1.807, 2.05) is 0 Å². The van der Waals surface area contributed by atoms with Crippen LogP contribution in [0.1, 0.15) is 34.0 Å². The number of sulfonamides is 1. The molecule has 1 amide bonds. The first-order valence-electron chi connectivity index (χ1n) is 8.18. The maximum Gasteiger partial charge on any atom is 0.315 e. The van der Waals surface area contributed by atoms with E-state index in [2.05, 4.69) is 5.32 Å². The Morgan fingerprint density at radius 3 is 2.26 bits per heavy atom. The highest BCUT2D eigenvalue weighted by Crippen LogP contribution is 2.24. The number of carboxylic acids is 1. The molecule has 2 aromatic carbocycles. The fourth-order valence-corrected chi connectivity index (χ4v) is 3.60. The molecule has 0 aliphatic heterocycles. The Labute approximate surface area is 158 Å². The van der Waals surface area contributed by atoms with Gasteiger partial charge in [0.05, 0.1) is 4.90 Å². The third-order valence-electron chi connectivity index (χ3n) is 4.67. The van der Waals surface area contributed by atoms with Gasteiger partial charge in [-0.2, -0.15) is 0 Å². The van der Waals surface area contributed by atoms with Gasteiger partial charge in [-0.05, 0) is 49.6 Å². The Morgan fingerprint density at radius 2 is 1.74 bits per heavy atom. The van der Waals surface area contributed by atoms with Crippen molar-refractivity contribution in [1.82, 2.24) is 5.32 Å². The number of carbonyl (C=O) groups is 2. The van der Waals surface area contributed by atoms with Crippen LogP contribution < -0.4 is 10.5 Å². The lowest BCUT2D eigenvalue weighted by molar-refractivity contribution is -0.142. The van der Waals surface area contributed by atoms with Crippen molar-refractivity contribution in [2.75, 3.05) is 6.54 Å². The summed E-state index contributed by atoms with van der Waals surface area (Å²) < 4.78 is 23.5. The fourth-order valence-electron chi connectivity index (χ4n) is 2.72. The molecule has 0 aromatic heterocycles. The van der Waals surface area contributed by atoms with E-state index < -0.39 is 27.3 Å². The van der Waals surface area contributed by atoms with E-state index in [0.29, 0.717) is 16.7 Å². The lowest BCUT2D eigenvalue weighted by atomic mass is 9.82. The van der Waals surface area contributed by atoms with Crippen molar-refractivity contribution in [1.29, 1.82) is 0 Å². The van der Waals surface area contributed by atoms with Crippen molar-refractivity contribution in [3.63, 3.8) is 0 Å². The van der Waals surface area contributed by atoms with E-state index in [9.17, 15) is 23.1 Å². The molecule has 27 heavy (non-hydrogen) atoms. The smallest absolute Gasteiger partial charge is 0.315 e. The van der Waals surface area contributed by atoms with Crippen LogP contribution in [0.25, 0.3) is 0 Å². The third kappa shape index (κ3) is 4.35. The van der Waals surface area contributed by atoms with E-state index >= 15 is 0 Å². The molecule has 0 aliphatic carbocycles. The highest BCUT2D eigenvalue weighted by Gasteiger charge is 2.35. The second-order valence-electron chi connectivity index (χ2n) is 6.65. The van der Waals surface area contributed by atoms with Crippen molar-refractivity contribution < 1.29 is 23.1 Å². The maximum absolute atomic E-state index is 12.5. The molecule has 0 spiro atoms. The molecule has 8 heteroatoms. The molecule has 0 aliphatic rings. The van der Waals surface area contributed by atoms with Crippen molar-refractivity contribution in [3.8, 4) is 0 Å². The number of aryl methyl sites for hydroxylation is 1. The fraction of sp³-hybridized carbons (Fsp3) is 0.263. The second kappa shape index (κ2) is 7.50. The van der Waals surface area contributed by atoms with Crippen LogP contribution in [0.2, 0.25) is 0 Å². The number of primary sulfonamides is 1. The van der Waals surface area contributed by atoms with Crippen LogP contribution in [0, 0.1) is 13.8 Å². The summed E-state index contributed by atoms with van der Waals surface area (Å²) in [6.45, 7) is 4.63. The standard InChI is InChI=1S/C19H22N2O5S/c1-12-9-14(10-16(13(12)2)27(20,25)26)17(22)21-11-19(3,18(23)24)15-7-5-4-6-8-15/h4-10H,11H2,1-3H3,(H,21,22)(H,23,24)(H2,20,25,26). The molecule has 0 saturated heterocycles. The molecule has 0 saturated carbocycles. The minimum atomic E-state index is -3.99. The van der Waals surface area contributed by atoms with Crippen LogP contribution in [0.4, 0.5) is 0 Å². The zero-order valence-corrected chi connectivity index (χ0v) is 16.1. The van der Waals surface area contributed by atoms with Gasteiger partial charge in [0.25, 0.3) is 5.91 Å². The molecule has 144 valence electrons. The van der Waals surface area contributed by atoms with Gasteiger partial charge in [0.2, 0.25) is 10.0 Å². The van der Waals surface area contributed by atoms with Gasteiger partial charge in [-0.15, -0.1) is 0 Å². The quantitative estimate of drug-likeness (QED) is 0.692. The number of carboxylic acid groups (broad SMARTS) is 1. The molecule has 2 aromatic rings. The van der Waals surface area contributed by atoms with E-state index in [4.69, 9.17) is 5.14 Å². The van der Waals surface area contributed by atoms with E-state index in [-0.39, 0.29) is 17.0 Å². The average Bonchev–Trinajstić information content (AvgIpc) is 2.61. The molecule has 0 radical (unpaired) electrons. The first-order chi connectivity index (χ1) is 12.5. The Balaban J connectivity index is 2.32. The van der Waals surface area contributed by atoms with Gasteiger partial charge in [0.1, 0.15) is 5.41 Å². The zero-order valence-electron chi connectivity index (χ0n) is 15.3. The summed E-state index contributed by atoms with van der Waals surface area (Å²) in [5, 5.41) is 17.5. The van der Waals surface area contributed by atoms with Crippen molar-refractivity contribution >= 4 is 21.9 Å². The minimum absolute atomic E-state index is 0.0999. The first kappa shape index (κ1) is 20.6. The van der Waals surface area contributed by atoms with Crippen LogP contribution in [0.15, 0.2) is 47.4 Å². The lowest BCUT2D eigenvalue weighted by Gasteiger charge is -2.25. The predicted octanol–water partition coefficient (Wildman–Crippen LogP) is 1.72. The molecule has 4 N–H and O–H groups in total. The largest absolute Gasteiger partial charge is 0.481 e. The van der Waals surface area contributed by atoms with Gasteiger partial charge < -0.3 is 10.4 Å². The number of hydrogen-bond donors (Lipinski definition) is 3. The molecule has 0 bridgehead atoms. The van der Waals surface area contributed by atoms with Crippen LogP contribution in [-0.2, 0) is 20.2 Å². The van der Waals surface area contributed by atoms with E-state index in [1.54, 1.807) is 50.2 Å². The Bertz CT molecular complexity index is 987. The van der Waals surface area contributed by atoms with Gasteiger partial charge in [0.15, 0.2) is 0 Å². The summed E-state index contributed by atoms with van der Waals surface area (Å²) >= 11 is 0. The topological polar surface area (TPSA) is 127 Å². The normalized spacial score (nSPS) is 13.6. The number of nitrogens with one attached hydrogen (secondary N) is 1. The summed E-state index contributed by atoms with van der Waals surface area (Å²) in [6.07, 6.45) is 0. The predicted molar refractivity (Wildman–Crippen MR) is 101 cm³/mol. The summed E-state index contributed by atoms with van der Waals surface area (Å²) in [4.78, 5) is 24.2. The van der Waals surface area contributed by atoms with Gasteiger partial charge in [-0.1, -0.05) is 30.3 Å². The van der Waals surface area contributed by atoms with Gasteiger partial charge in [-0.3, -0.25) is 9.59 Å². The number of hydrogen-bond acceptors (Lipinski definition) is 4. The molecular formula is C19H22N2O5S. The number of aliphatic carboxylic acids is 1. The molecular weight excluding hydrogens is 368 g/mol. The number of nitrogens with two attached hydrogens (primary N) is 1. The van der Waals surface area contributed by atoms with Crippen molar-refractivity contribution in [2.45, 2.75) is 31.1 Å². The number of amides is 1. The van der Waals surface area contributed by atoms with Gasteiger partial charge >= 0.3 is 5.97 Å². The van der Waals surface area contributed by atoms with Crippen molar-refractivity contribution in [3.05, 3.63) is 64.7 Å². The Morgan fingerprint density at radius 1 is 1.15 bits per heavy atom. The van der Waals surface area contributed by atoms with E-state index in [1.165, 1.54) is 13.0 Å². The Kier molecular flexibility index (Phi) is 5.72. The summed E-state index contributed by atoms with van der Waals surface area (Å²) in [7, 11) is -3.99. The molecule has 0 heterocycles. The number of carbonyl (C=O) groups excluding carboxylic acids is 1. The highest BCUT2D eigenvalue weighted by molar-refractivity contribution is 7.89. The molecule has 0 fully saturated rings. The third-order valence-corrected chi connectivity index (χ3v) is 5.71. The summed E-state index contributed by atoms with van der Waals surface area (Å²) in [5.41, 5.74) is 0.370. The minimum Gasteiger partial charge on any atom is -0.481 e. The van der Waals surface area contributed by atoms with Crippen LogP contribution >= 0.6 is 0 Å². The van der Waals surface area contributed by atoms with Crippen LogP contribution in [-0.4, -0.2) is 31.9 Å². The zero-order chi connectivity index (χ0) is 20.4. The first-order valence-corrected chi connectivity index (χ1v) is 9.72. The van der Waals surface area contributed by atoms with Crippen LogP contribution in [0.5, 0.6) is 0 Å². The van der Waals surface area contributed by atoms with Gasteiger partial charge in [0, 0.05) is 12.1 Å².